The van der Waals surface area contributed by atoms with Gasteiger partial charge in [-0.25, -0.2) is 9.78 Å². The highest BCUT2D eigenvalue weighted by molar-refractivity contribution is 7.14. The van der Waals surface area contributed by atoms with Crippen molar-refractivity contribution < 1.29 is 9.53 Å². The Morgan fingerprint density at radius 1 is 1.11 bits per heavy atom. The van der Waals surface area contributed by atoms with E-state index in [1.54, 1.807) is 18.3 Å². The van der Waals surface area contributed by atoms with Gasteiger partial charge >= 0.3 is 6.03 Å². The summed E-state index contributed by atoms with van der Waals surface area (Å²) in [6.45, 7) is 2.29. The van der Waals surface area contributed by atoms with Crippen LogP contribution >= 0.6 is 11.5 Å². The Morgan fingerprint density at radius 3 is 2.64 bits per heavy atom. The van der Waals surface area contributed by atoms with Gasteiger partial charge in [0, 0.05) is 12.7 Å². The van der Waals surface area contributed by atoms with E-state index >= 15 is 0 Å². The van der Waals surface area contributed by atoms with Crippen LogP contribution in [0.5, 0.6) is 11.5 Å². The number of nitrogens with zero attached hydrogens (tertiary/aromatic N) is 2. The molecule has 0 atom stereocenters. The standard InChI is InChI=1S/C21H17N3O3S/c1-14-5-2-3-7-18(14)27-16-10-8-15(9-11-16)13-23-21(26)24-20(25)17-6-4-12-22-19(17)28-24/h2-12H,13H2,1H3,(H,23,26). The van der Waals surface area contributed by atoms with Crippen LogP contribution in [0.1, 0.15) is 11.1 Å². The molecule has 28 heavy (non-hydrogen) atoms. The highest BCUT2D eigenvalue weighted by atomic mass is 32.1. The average molecular weight is 391 g/mol. The van der Waals surface area contributed by atoms with Crippen molar-refractivity contribution in [1.82, 2.24) is 14.3 Å². The molecule has 0 aliphatic rings. The van der Waals surface area contributed by atoms with Gasteiger partial charge in [-0.05, 0) is 59.9 Å². The average Bonchev–Trinajstić information content (AvgIpc) is 3.06. The van der Waals surface area contributed by atoms with E-state index in [9.17, 15) is 9.59 Å². The fraction of sp³-hybridized carbons (Fsp3) is 0.0952. The minimum atomic E-state index is -0.465. The monoisotopic (exact) mass is 391 g/mol. The van der Waals surface area contributed by atoms with Gasteiger partial charge in [-0.2, -0.15) is 3.96 Å². The molecule has 0 saturated carbocycles. The molecular formula is C21H17N3O3S. The third-order valence-electron chi connectivity index (χ3n) is 4.24. The number of ether oxygens (including phenoxy) is 1. The summed E-state index contributed by atoms with van der Waals surface area (Å²) < 4.78 is 6.96. The van der Waals surface area contributed by atoms with Crippen molar-refractivity contribution in [2.24, 2.45) is 0 Å². The van der Waals surface area contributed by atoms with Crippen LogP contribution in [-0.2, 0) is 6.54 Å². The van der Waals surface area contributed by atoms with Gasteiger partial charge in [-0.1, -0.05) is 30.3 Å². The number of fused-ring (bicyclic) bond motifs is 1. The van der Waals surface area contributed by atoms with Gasteiger partial charge < -0.3 is 10.1 Å². The fourth-order valence-corrected chi connectivity index (χ4v) is 3.58. The van der Waals surface area contributed by atoms with E-state index in [2.05, 4.69) is 10.3 Å². The zero-order valence-electron chi connectivity index (χ0n) is 15.1. The van der Waals surface area contributed by atoms with Gasteiger partial charge in [0.25, 0.3) is 5.56 Å². The lowest BCUT2D eigenvalue weighted by Crippen LogP contribution is -2.32. The number of rotatable bonds is 4. The van der Waals surface area contributed by atoms with E-state index in [4.69, 9.17) is 4.74 Å². The minimum Gasteiger partial charge on any atom is -0.457 e. The Hall–Kier alpha value is -3.45. The highest BCUT2D eigenvalue weighted by Gasteiger charge is 2.14. The van der Waals surface area contributed by atoms with E-state index in [0.29, 0.717) is 16.8 Å². The lowest BCUT2D eigenvalue weighted by Gasteiger charge is -2.09. The van der Waals surface area contributed by atoms with Crippen molar-refractivity contribution in [3.63, 3.8) is 0 Å². The number of para-hydroxylation sites is 1. The Bertz CT molecular complexity index is 1200. The Morgan fingerprint density at radius 2 is 1.89 bits per heavy atom. The van der Waals surface area contributed by atoms with E-state index in [-0.39, 0.29) is 5.56 Å². The topological polar surface area (TPSA) is 73.2 Å². The number of amides is 1. The van der Waals surface area contributed by atoms with Crippen molar-refractivity contribution in [2.75, 3.05) is 0 Å². The van der Waals surface area contributed by atoms with Gasteiger partial charge in [0.1, 0.15) is 16.3 Å². The molecule has 6 nitrogen and oxygen atoms in total. The number of pyridine rings is 1. The lowest BCUT2D eigenvalue weighted by molar-refractivity contribution is 0.243. The Labute approximate surface area is 165 Å². The predicted molar refractivity (Wildman–Crippen MR) is 109 cm³/mol. The zero-order chi connectivity index (χ0) is 19.5. The highest BCUT2D eigenvalue weighted by Crippen LogP contribution is 2.24. The van der Waals surface area contributed by atoms with Gasteiger partial charge in [0.05, 0.1) is 5.39 Å². The molecule has 0 saturated heterocycles. The largest absolute Gasteiger partial charge is 0.457 e. The fourth-order valence-electron chi connectivity index (χ4n) is 2.72. The van der Waals surface area contributed by atoms with Crippen LogP contribution in [0.25, 0.3) is 10.2 Å². The van der Waals surface area contributed by atoms with Crippen LogP contribution < -0.4 is 15.6 Å². The molecule has 0 bridgehead atoms. The molecule has 0 spiro atoms. The minimum absolute atomic E-state index is 0.303. The number of nitrogens with one attached hydrogen (secondary N) is 1. The summed E-state index contributed by atoms with van der Waals surface area (Å²) in [7, 11) is 0. The van der Waals surface area contributed by atoms with Crippen LogP contribution in [0.3, 0.4) is 0 Å². The van der Waals surface area contributed by atoms with Crippen molar-refractivity contribution >= 4 is 27.8 Å². The third-order valence-corrected chi connectivity index (χ3v) is 5.25. The first-order chi connectivity index (χ1) is 13.6. The summed E-state index contributed by atoms with van der Waals surface area (Å²) in [5, 5.41) is 3.21. The lowest BCUT2D eigenvalue weighted by atomic mass is 10.2. The number of carbonyl (C=O) groups excluding carboxylic acids is 1. The summed E-state index contributed by atoms with van der Waals surface area (Å²) in [6, 6.07) is 18.1. The van der Waals surface area contributed by atoms with E-state index in [1.807, 2.05) is 55.5 Å². The van der Waals surface area contributed by atoms with E-state index in [0.717, 1.165) is 38.1 Å². The molecule has 0 aliphatic heterocycles. The molecule has 2 aromatic heterocycles. The van der Waals surface area contributed by atoms with E-state index < -0.39 is 6.03 Å². The van der Waals surface area contributed by atoms with Gasteiger partial charge in [0.15, 0.2) is 0 Å². The smallest absolute Gasteiger partial charge is 0.338 e. The number of hydrogen-bond acceptors (Lipinski definition) is 5. The van der Waals surface area contributed by atoms with Crippen molar-refractivity contribution in [1.29, 1.82) is 0 Å². The predicted octanol–water partition coefficient (Wildman–Crippen LogP) is 4.32. The van der Waals surface area contributed by atoms with Crippen molar-refractivity contribution in [3.8, 4) is 11.5 Å². The van der Waals surface area contributed by atoms with Gasteiger partial charge in [0.2, 0.25) is 0 Å². The summed E-state index contributed by atoms with van der Waals surface area (Å²) in [5.74, 6) is 1.53. The molecule has 0 unspecified atom stereocenters. The molecule has 7 heteroatoms. The second-order valence-electron chi connectivity index (χ2n) is 6.22. The van der Waals surface area contributed by atoms with Gasteiger partial charge in [-0.15, -0.1) is 0 Å². The summed E-state index contributed by atoms with van der Waals surface area (Å²) in [4.78, 5) is 29.3. The first kappa shape index (κ1) is 17.9. The van der Waals surface area contributed by atoms with Crippen molar-refractivity contribution in [3.05, 3.63) is 88.3 Å². The third kappa shape index (κ3) is 3.65. The first-order valence-corrected chi connectivity index (χ1v) is 9.47. The molecule has 2 aromatic carbocycles. The molecular weight excluding hydrogens is 374 g/mol. The molecule has 4 aromatic rings. The summed E-state index contributed by atoms with van der Waals surface area (Å²) in [5.41, 5.74) is 1.60. The van der Waals surface area contributed by atoms with Crippen LogP contribution in [-0.4, -0.2) is 15.0 Å². The van der Waals surface area contributed by atoms with Crippen molar-refractivity contribution in [2.45, 2.75) is 13.5 Å². The quantitative estimate of drug-likeness (QED) is 0.562. The van der Waals surface area contributed by atoms with Crippen LogP contribution in [0.4, 0.5) is 4.79 Å². The Kier molecular flexibility index (Phi) is 4.90. The van der Waals surface area contributed by atoms with Crippen LogP contribution in [0, 0.1) is 6.92 Å². The molecule has 0 radical (unpaired) electrons. The molecule has 4 rings (SSSR count). The maximum atomic E-state index is 12.4. The number of aryl methyl sites for hydroxylation is 1. The normalized spacial score (nSPS) is 10.8. The molecule has 1 N–H and O–H groups in total. The molecule has 0 fully saturated rings. The second kappa shape index (κ2) is 7.66. The molecule has 0 aliphatic carbocycles. The summed E-state index contributed by atoms with van der Waals surface area (Å²) >= 11 is 1.03. The molecule has 2 heterocycles. The maximum Gasteiger partial charge on any atom is 0.338 e. The number of hydrogen-bond donors (Lipinski definition) is 1. The van der Waals surface area contributed by atoms with Crippen LogP contribution in [0.2, 0.25) is 0 Å². The SMILES string of the molecule is Cc1ccccc1Oc1ccc(CNC(=O)n2sc3ncccc3c2=O)cc1. The van der Waals surface area contributed by atoms with Gasteiger partial charge in [-0.3, -0.25) is 4.79 Å². The number of carbonyl (C=O) groups is 1. The number of benzene rings is 2. The maximum absolute atomic E-state index is 12.4. The first-order valence-electron chi connectivity index (χ1n) is 8.69. The Balaban J connectivity index is 1.42. The van der Waals surface area contributed by atoms with E-state index in [1.165, 1.54) is 0 Å². The van der Waals surface area contributed by atoms with Crippen LogP contribution in [0.15, 0.2) is 71.7 Å². The molecule has 1 amide bonds. The summed E-state index contributed by atoms with van der Waals surface area (Å²) in [6.07, 6.45) is 1.60. The second-order valence-corrected chi connectivity index (χ2v) is 7.15. The molecule has 140 valence electrons. The zero-order valence-corrected chi connectivity index (χ0v) is 15.9. The number of aromatic nitrogens is 2.